The molecule has 0 spiro atoms. The molecule has 3 unspecified atom stereocenters. The number of nitrogens with zero attached hydrogens (tertiary/aromatic N) is 1. The molecule has 0 bridgehead atoms. The lowest BCUT2D eigenvalue weighted by Gasteiger charge is -2.47. The summed E-state index contributed by atoms with van der Waals surface area (Å²) < 4.78 is 0. The van der Waals surface area contributed by atoms with Crippen LogP contribution in [-0.4, -0.2) is 30.1 Å². The van der Waals surface area contributed by atoms with E-state index in [0.29, 0.717) is 6.04 Å². The Labute approximate surface area is 130 Å². The Bertz CT molecular complexity index is 417. The summed E-state index contributed by atoms with van der Waals surface area (Å²) in [7, 11) is 0. The second-order valence-electron chi connectivity index (χ2n) is 7.04. The minimum Gasteiger partial charge on any atom is -0.308 e. The first-order valence-corrected chi connectivity index (χ1v) is 8.62. The van der Waals surface area contributed by atoms with Crippen LogP contribution in [-0.2, 0) is 0 Å². The van der Waals surface area contributed by atoms with Crippen LogP contribution in [0.15, 0.2) is 30.3 Å². The molecule has 118 valence electrons. The minimum absolute atomic E-state index is 0.261. The molecule has 2 rings (SSSR count). The van der Waals surface area contributed by atoms with Gasteiger partial charge in [0.2, 0.25) is 0 Å². The van der Waals surface area contributed by atoms with E-state index in [0.717, 1.165) is 19.0 Å². The van der Waals surface area contributed by atoms with Crippen molar-refractivity contribution in [2.75, 3.05) is 19.6 Å². The van der Waals surface area contributed by atoms with Crippen LogP contribution in [0, 0.1) is 5.92 Å². The van der Waals surface area contributed by atoms with Crippen molar-refractivity contribution >= 4 is 0 Å². The number of nitrogens with one attached hydrogen (secondary N) is 1. The van der Waals surface area contributed by atoms with E-state index in [1.54, 1.807) is 0 Å². The molecule has 0 aliphatic carbocycles. The van der Waals surface area contributed by atoms with E-state index in [4.69, 9.17) is 0 Å². The van der Waals surface area contributed by atoms with Gasteiger partial charge in [-0.05, 0) is 31.2 Å². The molecule has 3 atom stereocenters. The van der Waals surface area contributed by atoms with Crippen molar-refractivity contribution in [3.63, 3.8) is 0 Å². The topological polar surface area (TPSA) is 15.3 Å². The van der Waals surface area contributed by atoms with Gasteiger partial charge in [0.25, 0.3) is 0 Å². The Kier molecular flexibility index (Phi) is 5.83. The number of rotatable bonds is 6. The SMILES string of the molecule is CCCC(C)CN1CC(C)(CC)NCC1c1ccccc1. The van der Waals surface area contributed by atoms with Crippen LogP contribution in [0.2, 0.25) is 0 Å². The molecule has 1 saturated heterocycles. The molecular formula is C19H32N2. The molecule has 1 aliphatic rings. The monoisotopic (exact) mass is 288 g/mol. The van der Waals surface area contributed by atoms with E-state index in [9.17, 15) is 0 Å². The molecule has 1 heterocycles. The number of piperazine rings is 1. The zero-order valence-corrected chi connectivity index (χ0v) is 14.2. The molecule has 2 heteroatoms. The fourth-order valence-electron chi connectivity index (χ4n) is 3.50. The Hall–Kier alpha value is -0.860. The molecule has 0 saturated carbocycles. The van der Waals surface area contributed by atoms with Crippen molar-refractivity contribution in [2.24, 2.45) is 5.92 Å². The fourth-order valence-corrected chi connectivity index (χ4v) is 3.50. The van der Waals surface area contributed by atoms with Gasteiger partial charge in [-0.2, -0.15) is 0 Å². The van der Waals surface area contributed by atoms with Crippen molar-refractivity contribution in [2.45, 2.75) is 58.5 Å². The molecule has 0 radical (unpaired) electrons. The van der Waals surface area contributed by atoms with E-state index < -0.39 is 0 Å². The molecule has 1 N–H and O–H groups in total. The predicted molar refractivity (Wildman–Crippen MR) is 91.5 cm³/mol. The summed E-state index contributed by atoms with van der Waals surface area (Å²) in [6, 6.07) is 11.5. The molecule has 21 heavy (non-hydrogen) atoms. The molecule has 2 nitrogen and oxygen atoms in total. The maximum absolute atomic E-state index is 3.79. The lowest BCUT2D eigenvalue weighted by atomic mass is 9.90. The summed E-state index contributed by atoms with van der Waals surface area (Å²) in [5.41, 5.74) is 1.71. The van der Waals surface area contributed by atoms with Crippen LogP contribution in [0.25, 0.3) is 0 Å². The van der Waals surface area contributed by atoms with Crippen LogP contribution >= 0.6 is 0 Å². The molecule has 1 fully saturated rings. The third-order valence-corrected chi connectivity index (χ3v) is 5.01. The van der Waals surface area contributed by atoms with Gasteiger partial charge in [-0.1, -0.05) is 57.5 Å². The molecule has 1 aromatic carbocycles. The smallest absolute Gasteiger partial charge is 0.0473 e. The average Bonchev–Trinajstić information content (AvgIpc) is 2.48. The van der Waals surface area contributed by atoms with Gasteiger partial charge in [0.15, 0.2) is 0 Å². The van der Waals surface area contributed by atoms with Gasteiger partial charge in [-0.25, -0.2) is 0 Å². The Balaban J connectivity index is 2.14. The molecular weight excluding hydrogens is 256 g/mol. The summed E-state index contributed by atoms with van der Waals surface area (Å²) in [6.07, 6.45) is 3.80. The second-order valence-corrected chi connectivity index (χ2v) is 7.04. The lowest BCUT2D eigenvalue weighted by Crippen LogP contribution is -2.60. The summed E-state index contributed by atoms with van der Waals surface area (Å²) in [5, 5.41) is 3.79. The first kappa shape index (κ1) is 16.5. The molecule has 1 aromatic rings. The van der Waals surface area contributed by atoms with Gasteiger partial charge in [0, 0.05) is 31.2 Å². The Morgan fingerprint density at radius 3 is 2.62 bits per heavy atom. The maximum Gasteiger partial charge on any atom is 0.0473 e. The summed E-state index contributed by atoms with van der Waals surface area (Å²) in [6.45, 7) is 12.8. The first-order valence-electron chi connectivity index (χ1n) is 8.62. The van der Waals surface area contributed by atoms with Crippen molar-refractivity contribution in [1.82, 2.24) is 10.2 Å². The second kappa shape index (κ2) is 7.42. The predicted octanol–water partition coefficient (Wildman–Crippen LogP) is 4.24. The average molecular weight is 288 g/mol. The zero-order valence-electron chi connectivity index (χ0n) is 14.2. The summed E-state index contributed by atoms with van der Waals surface area (Å²) in [4.78, 5) is 2.72. The maximum atomic E-state index is 3.79. The van der Waals surface area contributed by atoms with E-state index in [1.165, 1.54) is 31.4 Å². The van der Waals surface area contributed by atoms with Gasteiger partial charge in [-0.3, -0.25) is 4.90 Å². The summed E-state index contributed by atoms with van der Waals surface area (Å²) >= 11 is 0. The minimum atomic E-state index is 0.261. The first-order chi connectivity index (χ1) is 10.1. The lowest BCUT2D eigenvalue weighted by molar-refractivity contribution is 0.0700. The Morgan fingerprint density at radius 2 is 2.00 bits per heavy atom. The van der Waals surface area contributed by atoms with Crippen LogP contribution < -0.4 is 5.32 Å². The molecule has 0 amide bonds. The highest BCUT2D eigenvalue weighted by Gasteiger charge is 2.35. The fraction of sp³-hybridized carbons (Fsp3) is 0.684. The van der Waals surface area contributed by atoms with Crippen LogP contribution in [0.3, 0.4) is 0 Å². The highest BCUT2D eigenvalue weighted by molar-refractivity contribution is 5.21. The largest absolute Gasteiger partial charge is 0.308 e. The zero-order chi connectivity index (χ0) is 15.3. The van der Waals surface area contributed by atoms with Crippen LogP contribution in [0.1, 0.15) is 58.6 Å². The van der Waals surface area contributed by atoms with Crippen molar-refractivity contribution < 1.29 is 0 Å². The highest BCUT2D eigenvalue weighted by Crippen LogP contribution is 2.29. The van der Waals surface area contributed by atoms with Gasteiger partial charge in [0.1, 0.15) is 0 Å². The van der Waals surface area contributed by atoms with E-state index in [-0.39, 0.29) is 5.54 Å². The van der Waals surface area contributed by atoms with Gasteiger partial charge in [0.05, 0.1) is 0 Å². The standard InChI is InChI=1S/C19H32N2/c1-5-10-16(3)14-21-15-19(4,6-2)20-13-18(21)17-11-8-7-9-12-17/h7-9,11-12,16,18,20H,5-6,10,13-15H2,1-4H3. The quantitative estimate of drug-likeness (QED) is 0.842. The number of hydrogen-bond acceptors (Lipinski definition) is 2. The van der Waals surface area contributed by atoms with Gasteiger partial charge < -0.3 is 5.32 Å². The van der Waals surface area contributed by atoms with Crippen molar-refractivity contribution in [1.29, 1.82) is 0 Å². The Morgan fingerprint density at radius 1 is 1.29 bits per heavy atom. The molecule has 1 aliphatic heterocycles. The van der Waals surface area contributed by atoms with Gasteiger partial charge in [-0.15, -0.1) is 0 Å². The van der Waals surface area contributed by atoms with Crippen molar-refractivity contribution in [3.05, 3.63) is 35.9 Å². The van der Waals surface area contributed by atoms with Crippen molar-refractivity contribution in [3.8, 4) is 0 Å². The van der Waals surface area contributed by atoms with E-state index in [2.05, 4.69) is 68.2 Å². The highest BCUT2D eigenvalue weighted by atomic mass is 15.3. The summed E-state index contributed by atoms with van der Waals surface area (Å²) in [5.74, 6) is 0.778. The third kappa shape index (κ3) is 4.31. The van der Waals surface area contributed by atoms with E-state index in [1.807, 2.05) is 0 Å². The third-order valence-electron chi connectivity index (χ3n) is 5.01. The normalized spacial score (nSPS) is 28.5. The van der Waals surface area contributed by atoms with Crippen LogP contribution in [0.5, 0.6) is 0 Å². The van der Waals surface area contributed by atoms with Gasteiger partial charge >= 0.3 is 0 Å². The molecule has 0 aromatic heterocycles. The van der Waals surface area contributed by atoms with Crippen LogP contribution in [0.4, 0.5) is 0 Å². The van der Waals surface area contributed by atoms with E-state index >= 15 is 0 Å². The number of benzene rings is 1. The number of hydrogen-bond donors (Lipinski definition) is 1.